The summed E-state index contributed by atoms with van der Waals surface area (Å²) in [5, 5.41) is 3.06. The van der Waals surface area contributed by atoms with Gasteiger partial charge in [0, 0.05) is 17.5 Å². The van der Waals surface area contributed by atoms with E-state index in [1.807, 2.05) is 13.2 Å². The molecule has 5 N–H and O–H groups in total. The molecule has 0 bridgehead atoms. The lowest BCUT2D eigenvalue weighted by Gasteiger charge is -2.18. The minimum Gasteiger partial charge on any atom is -0.398 e. The molecule has 0 saturated carbocycles. The van der Waals surface area contributed by atoms with Crippen molar-refractivity contribution in [1.29, 1.82) is 0 Å². The zero-order chi connectivity index (χ0) is 13.7. The van der Waals surface area contributed by atoms with Crippen molar-refractivity contribution in [2.24, 2.45) is 5.73 Å². The SMILES string of the molecule is CCC(CSC)Nc1cc(C(N)=O)c(N)cc1F. The molecule has 0 fully saturated rings. The number of anilines is 2. The monoisotopic (exact) mass is 271 g/mol. The molecule has 18 heavy (non-hydrogen) atoms. The molecule has 0 aliphatic rings. The smallest absolute Gasteiger partial charge is 0.250 e. The first-order valence-electron chi connectivity index (χ1n) is 5.63. The molecule has 4 nitrogen and oxygen atoms in total. The van der Waals surface area contributed by atoms with Crippen LogP contribution in [0.3, 0.4) is 0 Å². The number of nitrogens with two attached hydrogens (primary N) is 2. The minimum atomic E-state index is -0.659. The van der Waals surface area contributed by atoms with Crippen LogP contribution in [0, 0.1) is 5.82 Å². The lowest BCUT2D eigenvalue weighted by Crippen LogP contribution is -2.23. The van der Waals surface area contributed by atoms with Crippen LogP contribution in [0.1, 0.15) is 23.7 Å². The molecule has 0 spiro atoms. The van der Waals surface area contributed by atoms with Crippen molar-refractivity contribution in [3.05, 3.63) is 23.5 Å². The van der Waals surface area contributed by atoms with Gasteiger partial charge >= 0.3 is 0 Å². The van der Waals surface area contributed by atoms with Gasteiger partial charge in [-0.15, -0.1) is 0 Å². The van der Waals surface area contributed by atoms with Crippen LogP contribution in [-0.2, 0) is 0 Å². The van der Waals surface area contributed by atoms with Crippen molar-refractivity contribution in [2.75, 3.05) is 23.1 Å². The average molecular weight is 271 g/mol. The second kappa shape index (κ2) is 6.49. The fourth-order valence-corrected chi connectivity index (χ4v) is 2.32. The quantitative estimate of drug-likeness (QED) is 0.692. The highest BCUT2D eigenvalue weighted by atomic mass is 32.2. The van der Waals surface area contributed by atoms with E-state index < -0.39 is 11.7 Å². The van der Waals surface area contributed by atoms with Crippen molar-refractivity contribution < 1.29 is 9.18 Å². The number of thioether (sulfide) groups is 1. The third kappa shape index (κ3) is 3.53. The predicted molar refractivity (Wildman–Crippen MR) is 75.4 cm³/mol. The number of rotatable bonds is 6. The summed E-state index contributed by atoms with van der Waals surface area (Å²) >= 11 is 1.67. The van der Waals surface area contributed by atoms with Gasteiger partial charge in [-0.1, -0.05) is 6.92 Å². The Kier molecular flexibility index (Phi) is 5.27. The van der Waals surface area contributed by atoms with Crippen LogP contribution in [0.25, 0.3) is 0 Å². The van der Waals surface area contributed by atoms with E-state index in [-0.39, 0.29) is 23.0 Å². The van der Waals surface area contributed by atoms with Gasteiger partial charge < -0.3 is 16.8 Å². The van der Waals surface area contributed by atoms with Crippen LogP contribution in [0.4, 0.5) is 15.8 Å². The lowest BCUT2D eigenvalue weighted by molar-refractivity contribution is 0.100. The molecule has 0 aliphatic heterocycles. The molecule has 1 aromatic carbocycles. The van der Waals surface area contributed by atoms with E-state index in [0.29, 0.717) is 0 Å². The van der Waals surface area contributed by atoms with Crippen LogP contribution in [0.5, 0.6) is 0 Å². The molecule has 1 rings (SSSR count). The summed E-state index contributed by atoms with van der Waals surface area (Å²) in [6.45, 7) is 2.01. The molecule has 0 aliphatic carbocycles. The van der Waals surface area contributed by atoms with Gasteiger partial charge in [-0.3, -0.25) is 4.79 Å². The highest BCUT2D eigenvalue weighted by molar-refractivity contribution is 7.98. The van der Waals surface area contributed by atoms with Gasteiger partial charge in [-0.2, -0.15) is 11.8 Å². The number of nitrogens with one attached hydrogen (secondary N) is 1. The van der Waals surface area contributed by atoms with E-state index >= 15 is 0 Å². The summed E-state index contributed by atoms with van der Waals surface area (Å²) in [5.74, 6) is -0.280. The van der Waals surface area contributed by atoms with Crippen LogP contribution in [0.2, 0.25) is 0 Å². The molecule has 1 aromatic rings. The van der Waals surface area contributed by atoms with Crippen LogP contribution in [-0.4, -0.2) is 24.0 Å². The standard InChI is InChI=1S/C12H18FN3OS/c1-3-7(6-18-2)16-11-4-8(12(15)17)10(14)5-9(11)13/h4-5,7,16H,3,6,14H2,1-2H3,(H2,15,17). The highest BCUT2D eigenvalue weighted by Crippen LogP contribution is 2.23. The zero-order valence-electron chi connectivity index (χ0n) is 10.5. The van der Waals surface area contributed by atoms with Crippen molar-refractivity contribution >= 4 is 29.0 Å². The van der Waals surface area contributed by atoms with E-state index in [0.717, 1.165) is 18.2 Å². The third-order valence-electron chi connectivity index (χ3n) is 2.62. The molecular weight excluding hydrogens is 253 g/mol. The summed E-state index contributed by atoms with van der Waals surface area (Å²) < 4.78 is 13.7. The van der Waals surface area contributed by atoms with Crippen LogP contribution in [0.15, 0.2) is 12.1 Å². The number of hydrogen-bond acceptors (Lipinski definition) is 4. The van der Waals surface area contributed by atoms with Gasteiger partial charge in [-0.05, 0) is 24.8 Å². The maximum atomic E-state index is 13.7. The Morgan fingerprint density at radius 1 is 1.56 bits per heavy atom. The Morgan fingerprint density at radius 3 is 2.72 bits per heavy atom. The highest BCUT2D eigenvalue weighted by Gasteiger charge is 2.14. The average Bonchev–Trinajstić information content (AvgIpc) is 2.31. The normalized spacial score (nSPS) is 12.2. The molecule has 0 aromatic heterocycles. The van der Waals surface area contributed by atoms with Gasteiger partial charge in [0.05, 0.1) is 11.3 Å². The second-order valence-electron chi connectivity index (χ2n) is 3.99. The topological polar surface area (TPSA) is 81.1 Å². The molecular formula is C12H18FN3OS. The summed E-state index contributed by atoms with van der Waals surface area (Å²) in [7, 11) is 0. The van der Waals surface area contributed by atoms with E-state index in [9.17, 15) is 9.18 Å². The number of primary amides is 1. The maximum Gasteiger partial charge on any atom is 0.250 e. The molecule has 6 heteroatoms. The second-order valence-corrected chi connectivity index (χ2v) is 4.90. The van der Waals surface area contributed by atoms with Crippen molar-refractivity contribution in [3.8, 4) is 0 Å². The Bertz CT molecular complexity index is 440. The number of amides is 1. The number of halogens is 1. The fraction of sp³-hybridized carbons (Fsp3) is 0.417. The van der Waals surface area contributed by atoms with E-state index in [2.05, 4.69) is 5.32 Å². The predicted octanol–water partition coefficient (Wildman–Crippen LogP) is 2.06. The maximum absolute atomic E-state index is 13.7. The molecule has 1 unspecified atom stereocenters. The number of carbonyl (C=O) groups excluding carboxylic acids is 1. The van der Waals surface area contributed by atoms with Gasteiger partial charge in [-0.25, -0.2) is 4.39 Å². The van der Waals surface area contributed by atoms with Crippen molar-refractivity contribution in [1.82, 2.24) is 0 Å². The molecule has 0 heterocycles. The number of carbonyl (C=O) groups is 1. The molecule has 0 radical (unpaired) electrons. The Balaban J connectivity index is 3.01. The molecule has 1 atom stereocenters. The molecule has 100 valence electrons. The van der Waals surface area contributed by atoms with Gasteiger partial charge in [0.25, 0.3) is 5.91 Å². The third-order valence-corrected chi connectivity index (χ3v) is 3.36. The van der Waals surface area contributed by atoms with E-state index in [4.69, 9.17) is 11.5 Å². The Hall–Kier alpha value is -1.43. The Morgan fingerprint density at radius 2 is 2.22 bits per heavy atom. The largest absolute Gasteiger partial charge is 0.398 e. The Labute approximate surface area is 110 Å². The lowest BCUT2D eigenvalue weighted by atomic mass is 10.1. The van der Waals surface area contributed by atoms with Crippen molar-refractivity contribution in [2.45, 2.75) is 19.4 Å². The zero-order valence-corrected chi connectivity index (χ0v) is 11.3. The summed E-state index contributed by atoms with van der Waals surface area (Å²) in [5.41, 5.74) is 11.2. The summed E-state index contributed by atoms with van der Waals surface area (Å²) in [6.07, 6.45) is 2.84. The summed E-state index contributed by atoms with van der Waals surface area (Å²) in [6, 6.07) is 2.63. The fourth-order valence-electron chi connectivity index (χ4n) is 1.60. The first-order chi connectivity index (χ1) is 8.49. The first-order valence-corrected chi connectivity index (χ1v) is 7.03. The van der Waals surface area contributed by atoms with Gasteiger partial charge in [0.15, 0.2) is 0 Å². The van der Waals surface area contributed by atoms with Gasteiger partial charge in [0.1, 0.15) is 5.82 Å². The van der Waals surface area contributed by atoms with Crippen molar-refractivity contribution in [3.63, 3.8) is 0 Å². The molecule has 1 amide bonds. The van der Waals surface area contributed by atoms with Gasteiger partial charge in [0.2, 0.25) is 0 Å². The minimum absolute atomic E-state index is 0.0588. The summed E-state index contributed by atoms with van der Waals surface area (Å²) in [4.78, 5) is 11.2. The van der Waals surface area contributed by atoms with E-state index in [1.54, 1.807) is 11.8 Å². The number of benzene rings is 1. The van der Waals surface area contributed by atoms with Crippen LogP contribution < -0.4 is 16.8 Å². The number of hydrogen-bond donors (Lipinski definition) is 3. The number of nitrogen functional groups attached to an aromatic ring is 1. The van der Waals surface area contributed by atoms with E-state index in [1.165, 1.54) is 6.07 Å². The van der Waals surface area contributed by atoms with Crippen LogP contribution >= 0.6 is 11.8 Å². The molecule has 0 saturated heterocycles. The first kappa shape index (κ1) is 14.6.